The number of hydrogen-bond donors (Lipinski definition) is 1. The molecular weight excluding hydrogens is 212 g/mol. The predicted octanol–water partition coefficient (Wildman–Crippen LogP) is 2.35. The maximum Gasteiger partial charge on any atom is 0.164 e. The third-order valence-electron chi connectivity index (χ3n) is 3.44. The molecule has 0 atom stereocenters. The fourth-order valence-corrected chi connectivity index (χ4v) is 2.36. The Morgan fingerprint density at radius 3 is 2.88 bits per heavy atom. The van der Waals surface area contributed by atoms with Crippen LogP contribution >= 0.6 is 0 Å². The molecule has 1 aliphatic rings. The van der Waals surface area contributed by atoms with Gasteiger partial charge in [-0.1, -0.05) is 0 Å². The van der Waals surface area contributed by atoms with Crippen molar-refractivity contribution in [1.29, 1.82) is 0 Å². The van der Waals surface area contributed by atoms with Crippen molar-refractivity contribution in [3.8, 4) is 0 Å². The van der Waals surface area contributed by atoms with Crippen LogP contribution in [0.15, 0.2) is 18.5 Å². The number of Topliss-reactive ketones (excluding diaryl/α,β-unsaturated/α-hetero) is 1. The molecule has 0 aromatic carbocycles. The fraction of sp³-hybridized carbons (Fsp3) is 0.571. The third kappa shape index (κ3) is 3.63. The first kappa shape index (κ1) is 12.2. The Balaban J connectivity index is 1.84. The second kappa shape index (κ2) is 5.92. The van der Waals surface area contributed by atoms with E-state index in [4.69, 9.17) is 0 Å². The van der Waals surface area contributed by atoms with Gasteiger partial charge in [-0.25, -0.2) is 0 Å². The number of carbonyl (C=O) groups excluding carboxylic acids is 1. The van der Waals surface area contributed by atoms with Crippen molar-refractivity contribution in [1.82, 2.24) is 10.3 Å². The maximum absolute atomic E-state index is 12.0. The van der Waals surface area contributed by atoms with Crippen LogP contribution in [0.25, 0.3) is 0 Å². The van der Waals surface area contributed by atoms with Gasteiger partial charge in [0.25, 0.3) is 0 Å². The molecular formula is C14H20N2O. The topological polar surface area (TPSA) is 42.0 Å². The van der Waals surface area contributed by atoms with Gasteiger partial charge < -0.3 is 5.32 Å². The summed E-state index contributed by atoms with van der Waals surface area (Å²) in [4.78, 5) is 16.1. The Hall–Kier alpha value is -1.22. The minimum Gasteiger partial charge on any atom is -0.317 e. The summed E-state index contributed by atoms with van der Waals surface area (Å²) >= 11 is 0. The van der Waals surface area contributed by atoms with Crippen LogP contribution in [0.5, 0.6) is 0 Å². The van der Waals surface area contributed by atoms with Gasteiger partial charge in [-0.2, -0.15) is 0 Å². The molecule has 3 nitrogen and oxygen atoms in total. The van der Waals surface area contributed by atoms with E-state index in [1.807, 2.05) is 13.0 Å². The van der Waals surface area contributed by atoms with Crippen molar-refractivity contribution in [3.63, 3.8) is 0 Å². The second-order valence-electron chi connectivity index (χ2n) is 4.91. The van der Waals surface area contributed by atoms with Crippen molar-refractivity contribution in [2.75, 3.05) is 13.1 Å². The third-order valence-corrected chi connectivity index (χ3v) is 3.44. The molecule has 0 saturated carbocycles. The lowest BCUT2D eigenvalue weighted by atomic mass is 9.91. The van der Waals surface area contributed by atoms with Crippen molar-refractivity contribution in [2.24, 2.45) is 5.92 Å². The molecule has 92 valence electrons. The summed E-state index contributed by atoms with van der Waals surface area (Å²) in [5.74, 6) is 0.956. The highest BCUT2D eigenvalue weighted by molar-refractivity contribution is 5.95. The molecule has 0 aliphatic carbocycles. The largest absolute Gasteiger partial charge is 0.317 e. The molecule has 0 unspecified atom stereocenters. The number of carbonyl (C=O) groups is 1. The van der Waals surface area contributed by atoms with Crippen molar-refractivity contribution >= 4 is 5.78 Å². The molecule has 1 N–H and O–H groups in total. The number of piperidine rings is 1. The first-order valence-corrected chi connectivity index (χ1v) is 6.41. The van der Waals surface area contributed by atoms with E-state index < -0.39 is 0 Å². The zero-order chi connectivity index (χ0) is 12.1. The zero-order valence-electron chi connectivity index (χ0n) is 10.4. The lowest BCUT2D eigenvalue weighted by Crippen LogP contribution is -2.28. The molecule has 1 aromatic rings. The molecule has 3 heteroatoms. The highest BCUT2D eigenvalue weighted by Crippen LogP contribution is 2.19. The number of hydrogen-bond acceptors (Lipinski definition) is 3. The van der Waals surface area contributed by atoms with Crippen molar-refractivity contribution in [2.45, 2.75) is 32.6 Å². The van der Waals surface area contributed by atoms with E-state index in [0.29, 0.717) is 6.42 Å². The lowest BCUT2D eigenvalue weighted by molar-refractivity contribution is 0.0970. The molecule has 1 saturated heterocycles. The van der Waals surface area contributed by atoms with Crippen molar-refractivity contribution in [3.05, 3.63) is 29.6 Å². The van der Waals surface area contributed by atoms with E-state index in [-0.39, 0.29) is 5.78 Å². The number of pyridine rings is 1. The minimum atomic E-state index is 0.236. The molecule has 1 fully saturated rings. The van der Waals surface area contributed by atoms with Gasteiger partial charge in [-0.3, -0.25) is 9.78 Å². The van der Waals surface area contributed by atoms with E-state index in [2.05, 4.69) is 10.3 Å². The van der Waals surface area contributed by atoms with Crippen LogP contribution in [0, 0.1) is 12.8 Å². The fourth-order valence-electron chi connectivity index (χ4n) is 2.36. The van der Waals surface area contributed by atoms with Crippen LogP contribution < -0.4 is 5.32 Å². The van der Waals surface area contributed by atoms with Crippen LogP contribution in [0.2, 0.25) is 0 Å². The van der Waals surface area contributed by atoms with Gasteiger partial charge >= 0.3 is 0 Å². The number of aryl methyl sites for hydroxylation is 1. The molecule has 2 heterocycles. The molecule has 2 rings (SSSR count). The minimum absolute atomic E-state index is 0.236. The Morgan fingerprint density at radius 1 is 1.41 bits per heavy atom. The Bertz CT molecular complexity index is 384. The van der Waals surface area contributed by atoms with Gasteiger partial charge in [0.05, 0.1) is 0 Å². The summed E-state index contributed by atoms with van der Waals surface area (Å²) in [6.07, 6.45) is 7.56. The summed E-state index contributed by atoms with van der Waals surface area (Å²) in [5.41, 5.74) is 1.82. The molecule has 0 spiro atoms. The van der Waals surface area contributed by atoms with Crippen molar-refractivity contribution < 1.29 is 4.79 Å². The van der Waals surface area contributed by atoms with E-state index in [9.17, 15) is 4.79 Å². The molecule has 1 aliphatic heterocycles. The Morgan fingerprint density at radius 2 is 2.18 bits per heavy atom. The summed E-state index contributed by atoms with van der Waals surface area (Å²) in [7, 11) is 0. The van der Waals surface area contributed by atoms with Gasteiger partial charge in [0.1, 0.15) is 0 Å². The average Bonchev–Trinajstić information content (AvgIpc) is 2.37. The first-order valence-electron chi connectivity index (χ1n) is 6.41. The highest BCUT2D eigenvalue weighted by Gasteiger charge is 2.15. The number of rotatable bonds is 4. The molecule has 1 aromatic heterocycles. The number of nitrogens with zero attached hydrogens (tertiary/aromatic N) is 1. The summed E-state index contributed by atoms with van der Waals surface area (Å²) in [6.45, 7) is 4.17. The summed E-state index contributed by atoms with van der Waals surface area (Å²) < 4.78 is 0. The van der Waals surface area contributed by atoms with Gasteiger partial charge in [-0.15, -0.1) is 0 Å². The van der Waals surface area contributed by atoms with Gasteiger partial charge in [0, 0.05) is 24.4 Å². The second-order valence-corrected chi connectivity index (χ2v) is 4.91. The van der Waals surface area contributed by atoms with Gasteiger partial charge in [-0.05, 0) is 56.8 Å². The smallest absolute Gasteiger partial charge is 0.164 e. The monoisotopic (exact) mass is 232 g/mol. The number of nitrogens with one attached hydrogen (secondary N) is 1. The summed E-state index contributed by atoms with van der Waals surface area (Å²) in [5, 5.41) is 3.35. The quantitative estimate of drug-likeness (QED) is 0.810. The Labute approximate surface area is 103 Å². The van der Waals surface area contributed by atoms with Crippen LogP contribution in [-0.2, 0) is 0 Å². The molecule has 0 amide bonds. The molecule has 0 bridgehead atoms. The highest BCUT2D eigenvalue weighted by atomic mass is 16.1. The van der Waals surface area contributed by atoms with E-state index in [1.54, 1.807) is 12.4 Å². The average molecular weight is 232 g/mol. The predicted molar refractivity (Wildman–Crippen MR) is 68.1 cm³/mol. The maximum atomic E-state index is 12.0. The van der Waals surface area contributed by atoms with E-state index in [1.165, 1.54) is 12.8 Å². The standard InChI is InChI=1S/C14H20N2O/c1-11-8-13(10-16-9-11)14(17)3-2-12-4-6-15-7-5-12/h8-10,12,15H,2-7H2,1H3. The van der Waals surface area contributed by atoms with Crippen LogP contribution in [0.4, 0.5) is 0 Å². The summed E-state index contributed by atoms with van der Waals surface area (Å²) in [6, 6.07) is 1.93. The zero-order valence-corrected chi connectivity index (χ0v) is 10.4. The van der Waals surface area contributed by atoms with Crippen LogP contribution in [0.3, 0.4) is 0 Å². The van der Waals surface area contributed by atoms with E-state index >= 15 is 0 Å². The number of ketones is 1. The number of aromatic nitrogens is 1. The molecule has 17 heavy (non-hydrogen) atoms. The molecule has 0 radical (unpaired) electrons. The van der Waals surface area contributed by atoms with Crippen LogP contribution in [0.1, 0.15) is 41.6 Å². The first-order chi connectivity index (χ1) is 8.25. The van der Waals surface area contributed by atoms with Crippen LogP contribution in [-0.4, -0.2) is 23.9 Å². The Kier molecular flexibility index (Phi) is 4.26. The van der Waals surface area contributed by atoms with Gasteiger partial charge in [0.15, 0.2) is 5.78 Å². The van der Waals surface area contributed by atoms with Gasteiger partial charge in [0.2, 0.25) is 0 Å². The van der Waals surface area contributed by atoms with E-state index in [0.717, 1.165) is 36.6 Å². The normalized spacial score (nSPS) is 17.0. The SMILES string of the molecule is Cc1cncc(C(=O)CCC2CCNCC2)c1. The lowest BCUT2D eigenvalue weighted by Gasteiger charge is -2.22.